The van der Waals surface area contributed by atoms with Crippen LogP contribution in [-0.2, 0) is 17.8 Å². The maximum atomic E-state index is 10.3. The third kappa shape index (κ3) is 2.83. The van der Waals surface area contributed by atoms with E-state index in [-0.39, 0.29) is 17.6 Å². The summed E-state index contributed by atoms with van der Waals surface area (Å²) in [6, 6.07) is 0. The Balaban J connectivity index is 1.63. The van der Waals surface area contributed by atoms with Gasteiger partial charge >= 0.3 is 0 Å². The molecule has 1 aromatic heterocycles. The molecule has 2 heterocycles. The van der Waals surface area contributed by atoms with E-state index in [0.29, 0.717) is 0 Å². The maximum Gasteiger partial charge on any atom is 0.0681 e. The van der Waals surface area contributed by atoms with Gasteiger partial charge in [0.05, 0.1) is 17.9 Å². The molecule has 0 radical (unpaired) electrons. The summed E-state index contributed by atoms with van der Waals surface area (Å²) in [4.78, 5) is 2.51. The van der Waals surface area contributed by atoms with Crippen molar-refractivity contribution in [2.75, 3.05) is 19.7 Å². The van der Waals surface area contributed by atoms with Crippen LogP contribution in [0.1, 0.15) is 50.1 Å². The Hall–Kier alpha value is -0.910. The van der Waals surface area contributed by atoms with E-state index < -0.39 is 0 Å². The molecule has 1 N–H and O–H groups in total. The zero-order valence-electron chi connectivity index (χ0n) is 15.0. The van der Waals surface area contributed by atoms with Crippen LogP contribution in [-0.4, -0.2) is 51.7 Å². The summed E-state index contributed by atoms with van der Waals surface area (Å²) >= 11 is 0. The molecule has 1 spiro atoms. The molecule has 0 amide bonds. The predicted octanol–water partition coefficient (Wildman–Crippen LogP) is 2.27. The molecule has 1 aromatic rings. The Morgan fingerprint density at radius 3 is 2.48 bits per heavy atom. The van der Waals surface area contributed by atoms with Gasteiger partial charge in [0.15, 0.2) is 0 Å². The fraction of sp³-hybridized carbons (Fsp3) is 0.833. The standard InChI is InChI=1S/C18H31N3O2/c1-5-21-14(4)15(13(3)19-21)12-20-9-7-18(8-10-20)16(22)11-17(18)23-6-2/h16-17,22H,5-12H2,1-4H3. The van der Waals surface area contributed by atoms with Gasteiger partial charge in [-0.15, -0.1) is 0 Å². The first-order chi connectivity index (χ1) is 11.0. The van der Waals surface area contributed by atoms with E-state index in [2.05, 4.69) is 35.5 Å². The number of aliphatic hydroxyl groups excluding tert-OH is 1. The fourth-order valence-electron chi connectivity index (χ4n) is 4.44. The van der Waals surface area contributed by atoms with Crippen molar-refractivity contribution in [3.63, 3.8) is 0 Å². The SMILES string of the molecule is CCOC1CC(O)C12CCN(Cc1c(C)nn(CC)c1C)CC2. The van der Waals surface area contributed by atoms with Crippen molar-refractivity contribution in [1.29, 1.82) is 0 Å². The van der Waals surface area contributed by atoms with Crippen molar-refractivity contribution in [3.05, 3.63) is 17.0 Å². The highest BCUT2D eigenvalue weighted by atomic mass is 16.5. The van der Waals surface area contributed by atoms with Crippen molar-refractivity contribution in [2.24, 2.45) is 5.41 Å². The van der Waals surface area contributed by atoms with Gasteiger partial charge in [0.25, 0.3) is 0 Å². The van der Waals surface area contributed by atoms with Crippen LogP contribution >= 0.6 is 0 Å². The lowest BCUT2D eigenvalue weighted by Crippen LogP contribution is -2.62. The Bertz CT molecular complexity index is 545. The second kappa shape index (κ2) is 6.54. The minimum Gasteiger partial charge on any atom is -0.392 e. The summed E-state index contributed by atoms with van der Waals surface area (Å²) in [5.41, 5.74) is 3.84. The molecule has 0 bridgehead atoms. The summed E-state index contributed by atoms with van der Waals surface area (Å²) in [5.74, 6) is 0. The summed E-state index contributed by atoms with van der Waals surface area (Å²) in [6.07, 6.45) is 2.98. The lowest BCUT2D eigenvalue weighted by molar-refractivity contribution is -0.209. The second-order valence-corrected chi connectivity index (χ2v) is 7.17. The first kappa shape index (κ1) is 16.9. The van der Waals surface area contributed by atoms with Crippen LogP contribution in [0.5, 0.6) is 0 Å². The van der Waals surface area contributed by atoms with Crippen molar-refractivity contribution >= 4 is 0 Å². The molecule has 130 valence electrons. The Labute approximate surface area is 139 Å². The van der Waals surface area contributed by atoms with Crippen molar-refractivity contribution in [1.82, 2.24) is 14.7 Å². The molecule has 1 saturated heterocycles. The highest BCUT2D eigenvalue weighted by Crippen LogP contribution is 2.51. The zero-order valence-corrected chi connectivity index (χ0v) is 15.0. The zero-order chi connectivity index (χ0) is 16.6. The second-order valence-electron chi connectivity index (χ2n) is 7.17. The van der Waals surface area contributed by atoms with Gasteiger partial charge in [0.2, 0.25) is 0 Å². The molecule has 1 saturated carbocycles. The molecule has 2 atom stereocenters. The molecule has 5 nitrogen and oxygen atoms in total. The molecule has 2 fully saturated rings. The van der Waals surface area contributed by atoms with E-state index in [1.54, 1.807) is 0 Å². The molecule has 2 unspecified atom stereocenters. The lowest BCUT2D eigenvalue weighted by Gasteiger charge is -2.56. The Kier molecular flexibility index (Phi) is 4.81. The van der Waals surface area contributed by atoms with Gasteiger partial charge in [-0.3, -0.25) is 9.58 Å². The molecule has 1 aliphatic heterocycles. The number of rotatable bonds is 5. The van der Waals surface area contributed by atoms with Gasteiger partial charge < -0.3 is 9.84 Å². The van der Waals surface area contributed by atoms with Crippen LogP contribution in [0.15, 0.2) is 0 Å². The quantitative estimate of drug-likeness (QED) is 0.904. The molecular weight excluding hydrogens is 290 g/mol. The van der Waals surface area contributed by atoms with Crippen molar-refractivity contribution in [3.8, 4) is 0 Å². The third-order valence-corrected chi connectivity index (χ3v) is 6.11. The largest absolute Gasteiger partial charge is 0.392 e. The molecular formula is C18H31N3O2. The van der Waals surface area contributed by atoms with E-state index >= 15 is 0 Å². The normalized spacial score (nSPS) is 27.3. The molecule has 1 aliphatic carbocycles. The van der Waals surface area contributed by atoms with E-state index in [4.69, 9.17) is 4.74 Å². The summed E-state index contributed by atoms with van der Waals surface area (Å²) in [7, 11) is 0. The lowest BCUT2D eigenvalue weighted by atomic mass is 9.58. The van der Waals surface area contributed by atoms with Gasteiger partial charge in [0, 0.05) is 42.8 Å². The van der Waals surface area contributed by atoms with Crippen LogP contribution < -0.4 is 0 Å². The van der Waals surface area contributed by atoms with Gasteiger partial charge in [-0.05, 0) is 53.6 Å². The van der Waals surface area contributed by atoms with Gasteiger partial charge in [-0.2, -0.15) is 5.10 Å². The number of aryl methyl sites for hydroxylation is 2. The van der Waals surface area contributed by atoms with E-state index in [0.717, 1.165) is 57.7 Å². The molecule has 0 aromatic carbocycles. The molecule has 2 aliphatic rings. The summed E-state index contributed by atoms with van der Waals surface area (Å²) < 4.78 is 7.95. The van der Waals surface area contributed by atoms with Crippen LogP contribution in [0.2, 0.25) is 0 Å². The van der Waals surface area contributed by atoms with E-state index in [1.807, 2.05) is 6.92 Å². The fourth-order valence-corrected chi connectivity index (χ4v) is 4.44. The Morgan fingerprint density at radius 2 is 1.96 bits per heavy atom. The van der Waals surface area contributed by atoms with Gasteiger partial charge in [0.1, 0.15) is 0 Å². The highest BCUT2D eigenvalue weighted by molar-refractivity contribution is 5.24. The van der Waals surface area contributed by atoms with Gasteiger partial charge in [-0.25, -0.2) is 0 Å². The first-order valence-electron chi connectivity index (χ1n) is 9.06. The summed E-state index contributed by atoms with van der Waals surface area (Å²) in [6.45, 7) is 13.2. The van der Waals surface area contributed by atoms with Gasteiger partial charge in [-0.1, -0.05) is 0 Å². The smallest absolute Gasteiger partial charge is 0.0681 e. The number of aromatic nitrogens is 2. The number of hydrogen-bond donors (Lipinski definition) is 1. The average Bonchev–Trinajstić information content (AvgIpc) is 2.83. The number of ether oxygens (including phenoxy) is 1. The first-order valence-corrected chi connectivity index (χ1v) is 9.06. The van der Waals surface area contributed by atoms with Crippen LogP contribution in [0.3, 0.4) is 0 Å². The van der Waals surface area contributed by atoms with E-state index in [1.165, 1.54) is 11.3 Å². The van der Waals surface area contributed by atoms with E-state index in [9.17, 15) is 5.11 Å². The predicted molar refractivity (Wildman–Crippen MR) is 90.4 cm³/mol. The maximum absolute atomic E-state index is 10.3. The van der Waals surface area contributed by atoms with Crippen molar-refractivity contribution in [2.45, 2.75) is 72.3 Å². The topological polar surface area (TPSA) is 50.5 Å². The number of aliphatic hydroxyl groups is 1. The molecule has 23 heavy (non-hydrogen) atoms. The molecule has 3 rings (SSSR count). The number of piperidine rings is 1. The summed E-state index contributed by atoms with van der Waals surface area (Å²) in [5, 5.41) is 14.9. The Morgan fingerprint density at radius 1 is 1.26 bits per heavy atom. The highest BCUT2D eigenvalue weighted by Gasteiger charge is 2.55. The van der Waals surface area contributed by atoms with Crippen molar-refractivity contribution < 1.29 is 9.84 Å². The number of nitrogens with zero attached hydrogens (tertiary/aromatic N) is 3. The number of hydrogen-bond acceptors (Lipinski definition) is 4. The average molecular weight is 321 g/mol. The minimum absolute atomic E-state index is 0.0181. The van der Waals surface area contributed by atoms with Crippen LogP contribution in [0.25, 0.3) is 0 Å². The van der Waals surface area contributed by atoms with Crippen LogP contribution in [0.4, 0.5) is 0 Å². The van der Waals surface area contributed by atoms with Crippen LogP contribution in [0, 0.1) is 19.3 Å². The minimum atomic E-state index is -0.174. The molecule has 5 heteroatoms. The monoisotopic (exact) mass is 321 g/mol. The third-order valence-electron chi connectivity index (χ3n) is 6.11. The number of likely N-dealkylation sites (tertiary alicyclic amines) is 1.